The first-order chi connectivity index (χ1) is 10.2. The number of benzene rings is 2. The van der Waals surface area contributed by atoms with Crippen LogP contribution in [-0.4, -0.2) is 18.2 Å². The van der Waals surface area contributed by atoms with E-state index < -0.39 is 0 Å². The Kier molecular flexibility index (Phi) is 6.83. The summed E-state index contributed by atoms with van der Waals surface area (Å²) < 4.78 is 1.08. The van der Waals surface area contributed by atoms with E-state index in [2.05, 4.69) is 45.5 Å². The van der Waals surface area contributed by atoms with Crippen molar-refractivity contribution < 1.29 is 4.79 Å². The van der Waals surface area contributed by atoms with Gasteiger partial charge in [-0.25, -0.2) is 0 Å². The Labute approximate surface area is 138 Å². The lowest BCUT2D eigenvalue weighted by atomic mass is 10.1. The summed E-state index contributed by atoms with van der Waals surface area (Å²) in [4.78, 5) is 11.7. The highest BCUT2D eigenvalue weighted by Crippen LogP contribution is 2.16. The van der Waals surface area contributed by atoms with Crippen molar-refractivity contribution in [3.8, 4) is 0 Å². The van der Waals surface area contributed by atoms with Crippen LogP contribution < -0.4 is 5.32 Å². The quantitative estimate of drug-likeness (QED) is 0.803. The number of thioether (sulfide) groups is 1. The molecule has 2 aromatic rings. The van der Waals surface area contributed by atoms with E-state index in [-0.39, 0.29) is 5.91 Å². The molecular formula is C17H18BrNOS. The van der Waals surface area contributed by atoms with Crippen molar-refractivity contribution in [2.45, 2.75) is 12.2 Å². The maximum atomic E-state index is 11.7. The fourth-order valence-electron chi connectivity index (χ4n) is 1.93. The van der Waals surface area contributed by atoms with Gasteiger partial charge in [-0.2, -0.15) is 0 Å². The number of rotatable bonds is 7. The predicted octanol–water partition coefficient (Wildman–Crippen LogP) is 4.04. The molecular weight excluding hydrogens is 346 g/mol. The third kappa shape index (κ3) is 6.36. The van der Waals surface area contributed by atoms with Crippen molar-refractivity contribution in [2.75, 3.05) is 12.3 Å². The standard InChI is InChI=1S/C17H18BrNOS/c18-16-8-4-7-15(11-16)12-21-13-17(20)19-10-9-14-5-2-1-3-6-14/h1-8,11H,9-10,12-13H2,(H,19,20). The van der Waals surface area contributed by atoms with Crippen LogP contribution in [0, 0.1) is 0 Å². The van der Waals surface area contributed by atoms with Crippen LogP contribution >= 0.6 is 27.7 Å². The summed E-state index contributed by atoms with van der Waals surface area (Å²) in [6.07, 6.45) is 0.878. The van der Waals surface area contributed by atoms with Crippen molar-refractivity contribution in [3.63, 3.8) is 0 Å². The van der Waals surface area contributed by atoms with Crippen LogP contribution in [0.4, 0.5) is 0 Å². The van der Waals surface area contributed by atoms with Gasteiger partial charge in [-0.05, 0) is 29.7 Å². The molecule has 110 valence electrons. The highest BCUT2D eigenvalue weighted by Gasteiger charge is 2.02. The Bertz CT molecular complexity index is 574. The highest BCUT2D eigenvalue weighted by atomic mass is 79.9. The summed E-state index contributed by atoms with van der Waals surface area (Å²) in [5.41, 5.74) is 2.48. The maximum absolute atomic E-state index is 11.7. The third-order valence-corrected chi connectivity index (χ3v) is 4.47. The first kappa shape index (κ1) is 16.1. The van der Waals surface area contributed by atoms with E-state index >= 15 is 0 Å². The fourth-order valence-corrected chi connectivity index (χ4v) is 3.18. The van der Waals surface area contributed by atoms with Gasteiger partial charge in [0.15, 0.2) is 0 Å². The molecule has 2 aromatic carbocycles. The van der Waals surface area contributed by atoms with Crippen LogP contribution in [0.1, 0.15) is 11.1 Å². The molecule has 0 atom stereocenters. The van der Waals surface area contributed by atoms with Gasteiger partial charge in [0.1, 0.15) is 0 Å². The molecule has 0 spiro atoms. The van der Waals surface area contributed by atoms with Crippen LogP contribution in [0.15, 0.2) is 59.1 Å². The molecule has 0 aliphatic rings. The van der Waals surface area contributed by atoms with E-state index in [1.807, 2.05) is 30.3 Å². The van der Waals surface area contributed by atoms with Crippen molar-refractivity contribution >= 4 is 33.6 Å². The lowest BCUT2D eigenvalue weighted by molar-refractivity contribution is -0.118. The second-order valence-electron chi connectivity index (χ2n) is 4.71. The minimum atomic E-state index is 0.103. The SMILES string of the molecule is O=C(CSCc1cccc(Br)c1)NCCc1ccccc1. The summed E-state index contributed by atoms with van der Waals surface area (Å²) in [6, 6.07) is 18.4. The van der Waals surface area contributed by atoms with Crippen LogP contribution in [0.5, 0.6) is 0 Å². The molecule has 0 saturated heterocycles. The first-order valence-corrected chi connectivity index (χ1v) is 8.81. The summed E-state index contributed by atoms with van der Waals surface area (Å²) in [5, 5.41) is 2.96. The second kappa shape index (κ2) is 8.90. The number of amides is 1. The molecule has 2 rings (SSSR count). The van der Waals surface area contributed by atoms with Gasteiger partial charge >= 0.3 is 0 Å². The van der Waals surface area contributed by atoms with Crippen molar-refractivity contribution in [2.24, 2.45) is 0 Å². The molecule has 0 unspecified atom stereocenters. The number of carbonyl (C=O) groups excluding carboxylic acids is 1. The molecule has 0 aromatic heterocycles. The number of hydrogen-bond donors (Lipinski definition) is 1. The van der Waals surface area contributed by atoms with Gasteiger partial charge in [-0.15, -0.1) is 11.8 Å². The average molecular weight is 364 g/mol. The Morgan fingerprint density at radius 2 is 1.81 bits per heavy atom. The van der Waals surface area contributed by atoms with Crippen molar-refractivity contribution in [1.82, 2.24) is 5.32 Å². The Hall–Kier alpha value is -1.26. The summed E-state index contributed by atoms with van der Waals surface area (Å²) in [7, 11) is 0. The summed E-state index contributed by atoms with van der Waals surface area (Å²) >= 11 is 5.09. The van der Waals surface area contributed by atoms with Crippen molar-refractivity contribution in [1.29, 1.82) is 0 Å². The van der Waals surface area contributed by atoms with Crippen LogP contribution in [-0.2, 0) is 17.0 Å². The van der Waals surface area contributed by atoms with E-state index in [0.717, 1.165) is 16.6 Å². The van der Waals surface area contributed by atoms with Gasteiger partial charge in [-0.3, -0.25) is 4.79 Å². The summed E-state index contributed by atoms with van der Waals surface area (Å²) in [5.74, 6) is 1.46. The lowest BCUT2D eigenvalue weighted by Crippen LogP contribution is -2.27. The fraction of sp³-hybridized carbons (Fsp3) is 0.235. The molecule has 2 nitrogen and oxygen atoms in total. The number of hydrogen-bond acceptors (Lipinski definition) is 2. The summed E-state index contributed by atoms with van der Waals surface area (Å²) in [6.45, 7) is 0.695. The number of halogens is 1. The van der Waals surface area contributed by atoms with E-state index in [1.165, 1.54) is 11.1 Å². The Morgan fingerprint density at radius 3 is 2.57 bits per heavy atom. The molecule has 0 aliphatic carbocycles. The van der Waals surface area contributed by atoms with E-state index in [0.29, 0.717) is 12.3 Å². The monoisotopic (exact) mass is 363 g/mol. The smallest absolute Gasteiger partial charge is 0.230 e. The zero-order valence-electron chi connectivity index (χ0n) is 11.7. The predicted molar refractivity (Wildman–Crippen MR) is 93.5 cm³/mol. The third-order valence-electron chi connectivity index (χ3n) is 2.97. The molecule has 21 heavy (non-hydrogen) atoms. The van der Waals surface area contributed by atoms with Gasteiger partial charge in [0.2, 0.25) is 5.91 Å². The van der Waals surface area contributed by atoms with E-state index in [1.54, 1.807) is 11.8 Å². The number of carbonyl (C=O) groups is 1. The Balaban J connectivity index is 1.61. The molecule has 1 N–H and O–H groups in total. The van der Waals surface area contributed by atoms with Gasteiger partial charge in [0.25, 0.3) is 0 Å². The number of nitrogens with one attached hydrogen (secondary N) is 1. The van der Waals surface area contributed by atoms with Gasteiger partial charge in [-0.1, -0.05) is 58.4 Å². The highest BCUT2D eigenvalue weighted by molar-refractivity contribution is 9.10. The van der Waals surface area contributed by atoms with Crippen LogP contribution in [0.3, 0.4) is 0 Å². The van der Waals surface area contributed by atoms with Crippen LogP contribution in [0.2, 0.25) is 0 Å². The maximum Gasteiger partial charge on any atom is 0.230 e. The van der Waals surface area contributed by atoms with Crippen LogP contribution in [0.25, 0.3) is 0 Å². The first-order valence-electron chi connectivity index (χ1n) is 6.87. The normalized spacial score (nSPS) is 10.3. The molecule has 4 heteroatoms. The molecule has 0 bridgehead atoms. The van der Waals surface area contributed by atoms with Gasteiger partial charge in [0.05, 0.1) is 5.75 Å². The zero-order chi connectivity index (χ0) is 14.9. The zero-order valence-corrected chi connectivity index (χ0v) is 14.1. The topological polar surface area (TPSA) is 29.1 Å². The second-order valence-corrected chi connectivity index (χ2v) is 6.61. The van der Waals surface area contributed by atoms with Gasteiger partial charge in [0, 0.05) is 16.8 Å². The van der Waals surface area contributed by atoms with Gasteiger partial charge < -0.3 is 5.32 Å². The Morgan fingerprint density at radius 1 is 1.05 bits per heavy atom. The molecule has 0 fully saturated rings. The molecule has 0 aliphatic heterocycles. The molecule has 0 saturated carbocycles. The largest absolute Gasteiger partial charge is 0.355 e. The molecule has 1 amide bonds. The van der Waals surface area contributed by atoms with E-state index in [4.69, 9.17) is 0 Å². The minimum absolute atomic E-state index is 0.103. The minimum Gasteiger partial charge on any atom is -0.355 e. The average Bonchev–Trinajstić information content (AvgIpc) is 2.48. The molecule has 0 radical (unpaired) electrons. The van der Waals surface area contributed by atoms with Crippen molar-refractivity contribution in [3.05, 3.63) is 70.2 Å². The van der Waals surface area contributed by atoms with E-state index in [9.17, 15) is 4.79 Å². The molecule has 0 heterocycles. The lowest BCUT2D eigenvalue weighted by Gasteiger charge is -2.06.